The van der Waals surface area contributed by atoms with Crippen LogP contribution in [0.15, 0.2) is 54.6 Å². The maximum Gasteiger partial charge on any atom is 0.247 e. The van der Waals surface area contributed by atoms with Crippen LogP contribution in [-0.2, 0) is 20.9 Å². The van der Waals surface area contributed by atoms with Crippen LogP contribution in [0.5, 0.6) is 0 Å². The molecule has 1 aliphatic carbocycles. The molecule has 3 fully saturated rings. The molecule has 6 rings (SSSR count). The fourth-order valence-corrected chi connectivity index (χ4v) is 10.6. The van der Waals surface area contributed by atoms with Crippen LogP contribution >= 0.6 is 11.8 Å². The Morgan fingerprint density at radius 1 is 0.929 bits per heavy atom. The third-order valence-electron chi connectivity index (χ3n) is 10.2. The van der Waals surface area contributed by atoms with E-state index in [4.69, 9.17) is 0 Å². The number of benzene rings is 1. The van der Waals surface area contributed by atoms with Crippen molar-refractivity contribution < 1.29 is 19.5 Å². The first-order chi connectivity index (χ1) is 20.2. The quantitative estimate of drug-likeness (QED) is 0.475. The van der Waals surface area contributed by atoms with Gasteiger partial charge >= 0.3 is 0 Å². The zero-order valence-corrected chi connectivity index (χ0v) is 26.0. The van der Waals surface area contributed by atoms with Crippen LogP contribution in [0.2, 0.25) is 0 Å². The number of carbonyl (C=O) groups excluding carboxylic acids is 3. The van der Waals surface area contributed by atoms with E-state index in [2.05, 4.69) is 45.1 Å². The van der Waals surface area contributed by atoms with Gasteiger partial charge in [-0.15, -0.1) is 11.8 Å². The summed E-state index contributed by atoms with van der Waals surface area (Å²) in [5.41, 5.74) is 1.05. The summed E-state index contributed by atoms with van der Waals surface area (Å²) in [5, 5.41) is 10.6. The highest BCUT2D eigenvalue weighted by Gasteiger charge is 2.74. The summed E-state index contributed by atoms with van der Waals surface area (Å²) >= 11 is 1.63. The van der Waals surface area contributed by atoms with E-state index in [0.717, 1.165) is 31.2 Å². The number of carbonyl (C=O) groups is 3. The van der Waals surface area contributed by atoms with E-state index in [1.54, 1.807) is 16.7 Å². The number of hydrogen-bond acceptors (Lipinski definition) is 5. The number of hydrogen-bond donors (Lipinski definition) is 1. The van der Waals surface area contributed by atoms with Crippen LogP contribution in [0.3, 0.4) is 0 Å². The van der Waals surface area contributed by atoms with Crippen molar-refractivity contribution in [2.24, 2.45) is 17.8 Å². The summed E-state index contributed by atoms with van der Waals surface area (Å²) in [6.45, 7) is 7.51. The number of likely N-dealkylation sites (tertiary alicyclic amines) is 1. The minimum Gasteiger partial charge on any atom is -0.394 e. The minimum absolute atomic E-state index is 0.0184. The fraction of sp³-hybridized carbons (Fsp3) is 0.618. The lowest BCUT2D eigenvalue weighted by Gasteiger charge is -2.42. The van der Waals surface area contributed by atoms with E-state index in [1.165, 1.54) is 6.42 Å². The van der Waals surface area contributed by atoms with Crippen molar-refractivity contribution in [3.8, 4) is 0 Å². The lowest BCUT2D eigenvalue weighted by Crippen LogP contribution is -2.58. The molecule has 0 radical (unpaired) electrons. The summed E-state index contributed by atoms with van der Waals surface area (Å²) in [4.78, 5) is 49.7. The van der Waals surface area contributed by atoms with Crippen LogP contribution in [-0.4, -0.2) is 84.8 Å². The first-order valence-electron chi connectivity index (χ1n) is 15.8. The molecule has 4 aliphatic heterocycles. The third-order valence-corrected chi connectivity index (χ3v) is 12.0. The lowest BCUT2D eigenvalue weighted by atomic mass is 9.74. The lowest BCUT2D eigenvalue weighted by molar-refractivity contribution is -0.148. The van der Waals surface area contributed by atoms with Crippen LogP contribution in [0.1, 0.15) is 64.9 Å². The van der Waals surface area contributed by atoms with Gasteiger partial charge in [-0.05, 0) is 37.7 Å². The van der Waals surface area contributed by atoms with Gasteiger partial charge in [0.25, 0.3) is 0 Å². The Bertz CT molecular complexity index is 1260. The molecule has 6 atom stereocenters. The number of thioether (sulfide) groups is 1. The van der Waals surface area contributed by atoms with Gasteiger partial charge in [0, 0.05) is 30.4 Å². The molecule has 0 bridgehead atoms. The van der Waals surface area contributed by atoms with Gasteiger partial charge in [-0.3, -0.25) is 14.4 Å². The van der Waals surface area contributed by atoms with Gasteiger partial charge in [-0.25, -0.2) is 0 Å². The van der Waals surface area contributed by atoms with Gasteiger partial charge in [0.1, 0.15) is 6.04 Å². The molecule has 1 saturated carbocycles. The fourth-order valence-electron chi connectivity index (χ4n) is 8.41. The number of amides is 3. The molecule has 3 amide bonds. The maximum atomic E-state index is 14.8. The molecule has 1 unspecified atom stereocenters. The number of aliphatic hydroxyl groups excluding tert-OH is 1. The topological polar surface area (TPSA) is 81.2 Å². The summed E-state index contributed by atoms with van der Waals surface area (Å²) in [6.07, 6.45) is 14.4. The zero-order chi connectivity index (χ0) is 29.6. The number of fused-ring (bicyclic) bond motifs is 2. The SMILES string of the molecule is CC(C)C[C@H](CO)N1C(=O)[C@@H]2[C@@H]3C(=O)N(Cc4ccccc4)CC=C[C@]3(C)S[C@@]23C=CCN(C2CCCCC2)C(=O)C13. The summed E-state index contributed by atoms with van der Waals surface area (Å²) in [5.74, 6) is -1.27. The molecular formula is C34H45N3O4S. The molecule has 0 aromatic heterocycles. The van der Waals surface area contributed by atoms with Crippen molar-refractivity contribution >= 4 is 29.5 Å². The molecule has 2 saturated heterocycles. The highest BCUT2D eigenvalue weighted by atomic mass is 32.2. The second-order valence-corrected chi connectivity index (χ2v) is 15.3. The summed E-state index contributed by atoms with van der Waals surface area (Å²) < 4.78 is -1.51. The van der Waals surface area contributed by atoms with Crippen LogP contribution < -0.4 is 0 Å². The average molecular weight is 592 g/mol. The van der Waals surface area contributed by atoms with Gasteiger partial charge in [0.05, 0.1) is 29.2 Å². The van der Waals surface area contributed by atoms with E-state index in [0.29, 0.717) is 26.1 Å². The second-order valence-electron chi connectivity index (χ2n) is 13.5. The molecule has 8 heteroatoms. The van der Waals surface area contributed by atoms with Gasteiger partial charge in [-0.2, -0.15) is 0 Å². The normalized spacial score (nSPS) is 34.0. The van der Waals surface area contributed by atoms with Gasteiger partial charge < -0.3 is 19.8 Å². The molecule has 226 valence electrons. The Hall–Kier alpha value is -2.58. The van der Waals surface area contributed by atoms with Crippen molar-refractivity contribution in [3.63, 3.8) is 0 Å². The number of nitrogens with zero attached hydrogens (tertiary/aromatic N) is 3. The van der Waals surface area contributed by atoms with Crippen molar-refractivity contribution in [2.75, 3.05) is 19.7 Å². The first kappa shape index (κ1) is 29.5. The van der Waals surface area contributed by atoms with Gasteiger partial charge in [-0.1, -0.05) is 87.7 Å². The molecule has 5 aliphatic rings. The van der Waals surface area contributed by atoms with E-state index >= 15 is 0 Å². The Morgan fingerprint density at radius 3 is 2.33 bits per heavy atom. The molecule has 42 heavy (non-hydrogen) atoms. The monoisotopic (exact) mass is 591 g/mol. The van der Waals surface area contributed by atoms with Gasteiger partial charge in [0.2, 0.25) is 17.7 Å². The van der Waals surface area contributed by atoms with Gasteiger partial charge in [0.15, 0.2) is 0 Å². The van der Waals surface area contributed by atoms with Crippen LogP contribution in [0.4, 0.5) is 0 Å². The van der Waals surface area contributed by atoms with E-state index in [1.807, 2.05) is 40.1 Å². The number of aliphatic hydroxyl groups is 1. The van der Waals surface area contributed by atoms with E-state index in [-0.39, 0.29) is 36.3 Å². The Labute approximate surface area is 254 Å². The van der Waals surface area contributed by atoms with Crippen molar-refractivity contribution in [3.05, 3.63) is 60.2 Å². The standard InChI is InChI=1S/C34H45N3O4S/c1-23(2)20-26(22-38)37-29-32(41)36(25-14-8-5-9-15-25)19-11-17-34(29)28(31(37)40)27-30(39)35(18-10-16-33(27,3)42-34)21-24-12-6-4-7-13-24/h4,6-7,10-13,16-17,23,25-29,38H,5,8-9,14-15,18-22H2,1-3H3/t26-,27-,28+,29?,33+,34+/m1/s1. The minimum atomic E-state index is -0.878. The Kier molecular flexibility index (Phi) is 8.07. The maximum absolute atomic E-state index is 14.8. The van der Waals surface area contributed by atoms with Crippen molar-refractivity contribution in [2.45, 2.75) is 93.5 Å². The molecule has 1 aromatic rings. The third kappa shape index (κ3) is 4.83. The van der Waals surface area contributed by atoms with Crippen molar-refractivity contribution in [1.82, 2.24) is 14.7 Å². The molecule has 4 heterocycles. The summed E-state index contributed by atoms with van der Waals surface area (Å²) in [7, 11) is 0. The molecule has 7 nitrogen and oxygen atoms in total. The highest BCUT2D eigenvalue weighted by molar-refractivity contribution is 8.02. The largest absolute Gasteiger partial charge is 0.394 e. The zero-order valence-electron chi connectivity index (χ0n) is 25.2. The highest BCUT2D eigenvalue weighted by Crippen LogP contribution is 2.66. The predicted molar refractivity (Wildman–Crippen MR) is 165 cm³/mol. The predicted octanol–water partition coefficient (Wildman–Crippen LogP) is 4.41. The van der Waals surface area contributed by atoms with Crippen molar-refractivity contribution in [1.29, 1.82) is 0 Å². The number of rotatable bonds is 7. The van der Waals surface area contributed by atoms with Crippen LogP contribution in [0.25, 0.3) is 0 Å². The van der Waals surface area contributed by atoms with E-state index in [9.17, 15) is 19.5 Å². The first-order valence-corrected chi connectivity index (χ1v) is 16.6. The smallest absolute Gasteiger partial charge is 0.247 e. The molecule has 1 aromatic carbocycles. The Morgan fingerprint density at radius 2 is 1.64 bits per heavy atom. The second kappa shape index (κ2) is 11.5. The molecule has 1 N–H and O–H groups in total. The Balaban J connectivity index is 1.44. The molecule has 1 spiro atoms. The summed E-state index contributed by atoms with van der Waals surface area (Å²) in [6, 6.07) is 8.91. The average Bonchev–Trinajstić information content (AvgIpc) is 3.26. The van der Waals surface area contributed by atoms with Crippen LogP contribution in [0, 0.1) is 17.8 Å². The molecular weight excluding hydrogens is 546 g/mol. The van der Waals surface area contributed by atoms with E-state index < -0.39 is 33.4 Å².